The van der Waals surface area contributed by atoms with Crippen LogP contribution in [0.1, 0.15) is 30.5 Å². The molecule has 2 heteroatoms. The monoisotopic (exact) mass is 845 g/mol. The summed E-state index contributed by atoms with van der Waals surface area (Å²) >= 11 is 0. The topological polar surface area (TPSA) is 3.24 Å². The zero-order chi connectivity index (χ0) is 44.5. The summed E-state index contributed by atoms with van der Waals surface area (Å²) in [4.78, 5) is 3.77. The Morgan fingerprint density at radius 1 is 0.406 bits per heavy atom. The van der Waals surface area contributed by atoms with Crippen molar-refractivity contribution >= 4 is 72.9 Å². The lowest BCUT2D eigenvalue weighted by Crippen LogP contribution is -2.29. The van der Waals surface area contributed by atoms with Crippen molar-refractivity contribution in [3.8, 4) is 44.5 Å². The number of para-hydroxylation sites is 1. The first-order valence-corrected chi connectivity index (χ1v) is 24.9. The predicted octanol–water partition coefficient (Wildman–Crippen LogP) is 16.4. The molecule has 0 spiro atoms. The second-order valence-corrected chi connectivity index (χ2v) is 21.4. The van der Waals surface area contributed by atoms with Crippen molar-refractivity contribution in [1.29, 1.82) is 0 Å². The Bertz CT molecular complexity index is 3350. The summed E-state index contributed by atoms with van der Waals surface area (Å²) in [6.45, 7) is 15.2. The first kappa shape index (κ1) is 42.2. The molecule has 0 radical (unpaired) electrons. The van der Waals surface area contributed by atoms with Gasteiger partial charge < -0.3 is 4.90 Å². The Labute approximate surface area is 381 Å². The molecule has 9 rings (SSSR count). The van der Waals surface area contributed by atoms with Crippen LogP contribution in [0.4, 0.5) is 17.1 Å². The third kappa shape index (κ3) is 7.59. The van der Waals surface area contributed by atoms with Gasteiger partial charge in [0.15, 0.2) is 0 Å². The summed E-state index contributed by atoms with van der Waals surface area (Å²) in [5.74, 6) is 0. The van der Waals surface area contributed by atoms with E-state index in [-0.39, 0.29) is 0 Å². The van der Waals surface area contributed by atoms with Gasteiger partial charge in [0, 0.05) is 17.1 Å². The molecular weight excluding hydrogens is 791 g/mol. The van der Waals surface area contributed by atoms with Gasteiger partial charge in [0.2, 0.25) is 0 Å². The van der Waals surface area contributed by atoms with Crippen LogP contribution >= 0.6 is 10.0 Å². The van der Waals surface area contributed by atoms with E-state index in [1.807, 2.05) is 12.2 Å². The Morgan fingerprint density at radius 3 is 1.33 bits per heavy atom. The van der Waals surface area contributed by atoms with Crippen LogP contribution in [0.5, 0.6) is 0 Å². The van der Waals surface area contributed by atoms with E-state index in [1.54, 1.807) is 0 Å². The van der Waals surface area contributed by atoms with E-state index in [0.29, 0.717) is 0 Å². The summed E-state index contributed by atoms with van der Waals surface area (Å²) < 4.78 is 0. The van der Waals surface area contributed by atoms with E-state index in [1.165, 1.54) is 81.4 Å². The van der Waals surface area contributed by atoms with E-state index in [9.17, 15) is 0 Å². The molecule has 0 aliphatic carbocycles. The van der Waals surface area contributed by atoms with Crippen LogP contribution in [0.15, 0.2) is 194 Å². The molecule has 0 heterocycles. The molecule has 9 aromatic carbocycles. The molecule has 0 saturated heterocycles. The average Bonchev–Trinajstić information content (AvgIpc) is 3.32. The summed E-state index contributed by atoms with van der Waals surface area (Å²) in [5, 5.41) is 7.30. The summed E-state index contributed by atoms with van der Waals surface area (Å²) in [6, 6.07) is 64.6. The maximum absolute atomic E-state index is 4.36. The van der Waals surface area contributed by atoms with Gasteiger partial charge in [0.1, 0.15) is 0 Å². The highest BCUT2D eigenvalue weighted by Crippen LogP contribution is 2.47. The number of fused-ring (bicyclic) bond motifs is 2. The van der Waals surface area contributed by atoms with Gasteiger partial charge in [-0.1, -0.05) is 170 Å². The van der Waals surface area contributed by atoms with Crippen LogP contribution in [0.2, 0.25) is 0 Å². The van der Waals surface area contributed by atoms with E-state index in [2.05, 4.69) is 246 Å². The minimum absolute atomic E-state index is 0.848. The Morgan fingerprint density at radius 2 is 0.828 bits per heavy atom. The highest BCUT2D eigenvalue weighted by atomic mass is 32.3. The van der Waals surface area contributed by atoms with Gasteiger partial charge in [0.25, 0.3) is 0 Å². The lowest BCUT2D eigenvalue weighted by Gasteiger charge is -2.29. The molecule has 0 fully saturated rings. The highest BCUT2D eigenvalue weighted by molar-refractivity contribution is 8.32. The van der Waals surface area contributed by atoms with Crippen molar-refractivity contribution in [2.45, 2.75) is 25.7 Å². The number of anilines is 3. The third-order valence-electron chi connectivity index (χ3n) is 12.6. The van der Waals surface area contributed by atoms with Gasteiger partial charge in [0.05, 0.1) is 0 Å². The van der Waals surface area contributed by atoms with Gasteiger partial charge in [-0.3, -0.25) is 0 Å². The molecule has 0 bridgehead atoms. The first-order chi connectivity index (χ1) is 31.1. The number of aryl methyl sites for hydroxylation is 1. The fourth-order valence-corrected chi connectivity index (χ4v) is 10.6. The summed E-state index contributed by atoms with van der Waals surface area (Å²) in [5.41, 5.74) is 16.3. The van der Waals surface area contributed by atoms with Crippen LogP contribution in [0, 0.1) is 6.92 Å². The quantitative estimate of drug-likeness (QED) is 0.133. The van der Waals surface area contributed by atoms with Crippen molar-refractivity contribution in [3.63, 3.8) is 0 Å². The summed E-state index contributed by atoms with van der Waals surface area (Å²) in [7, 11) is -0.848. The van der Waals surface area contributed by atoms with Crippen LogP contribution < -0.4 is 15.3 Å². The van der Waals surface area contributed by atoms with Crippen LogP contribution in [-0.4, -0.2) is 18.8 Å². The summed E-state index contributed by atoms with van der Waals surface area (Å²) in [6.07, 6.45) is 15.6. The van der Waals surface area contributed by atoms with Crippen LogP contribution in [0.3, 0.4) is 0 Å². The maximum Gasteiger partial charge on any atom is 0.0467 e. The zero-order valence-electron chi connectivity index (χ0n) is 37.8. The fraction of sp³-hybridized carbons (Fsp3) is 0.0968. The number of rotatable bonds is 10. The normalized spacial score (nSPS) is 12.5. The third-order valence-corrected chi connectivity index (χ3v) is 14.2. The van der Waals surface area contributed by atoms with Crippen LogP contribution in [0.25, 0.3) is 90.4 Å². The van der Waals surface area contributed by atoms with Crippen molar-refractivity contribution < 1.29 is 0 Å². The van der Waals surface area contributed by atoms with Crippen molar-refractivity contribution in [2.24, 2.45) is 0 Å². The molecule has 0 aliphatic rings. The second-order valence-electron chi connectivity index (χ2n) is 17.2. The lowest BCUT2D eigenvalue weighted by atomic mass is 9.82. The molecule has 0 aromatic heterocycles. The van der Waals surface area contributed by atoms with E-state index >= 15 is 0 Å². The Balaban J connectivity index is 1.20. The Hall–Kier alpha value is -7.13. The van der Waals surface area contributed by atoms with E-state index < -0.39 is 10.0 Å². The van der Waals surface area contributed by atoms with Crippen LogP contribution in [-0.2, 0) is 0 Å². The highest BCUT2D eigenvalue weighted by Gasteiger charge is 2.21. The number of nitrogens with zero attached hydrogens (tertiary/aromatic N) is 1. The molecule has 0 unspecified atom stereocenters. The minimum atomic E-state index is -0.848. The number of benzene rings is 9. The minimum Gasteiger partial charge on any atom is -0.310 e. The predicted molar refractivity (Wildman–Crippen MR) is 286 cm³/mol. The number of hydrogen-bond donors (Lipinski definition) is 0. The fourth-order valence-electron chi connectivity index (χ4n) is 9.66. The van der Waals surface area contributed by atoms with Gasteiger partial charge in [-0.15, -0.1) is 0 Å². The lowest BCUT2D eigenvalue weighted by molar-refractivity contribution is 1.27. The van der Waals surface area contributed by atoms with Gasteiger partial charge in [-0.05, 0) is 181 Å². The van der Waals surface area contributed by atoms with Gasteiger partial charge in [-0.2, -0.15) is 0 Å². The van der Waals surface area contributed by atoms with E-state index in [0.717, 1.165) is 33.8 Å². The molecular formula is C62H55NS. The Kier molecular flexibility index (Phi) is 11.6. The van der Waals surface area contributed by atoms with E-state index in [4.69, 9.17) is 0 Å². The molecule has 0 amide bonds. The molecule has 0 aliphatic heterocycles. The van der Waals surface area contributed by atoms with Gasteiger partial charge in [-0.25, -0.2) is 10.0 Å². The van der Waals surface area contributed by atoms with Crippen molar-refractivity contribution in [1.82, 2.24) is 0 Å². The maximum atomic E-state index is 4.36. The largest absolute Gasteiger partial charge is 0.310 e. The molecule has 1 nitrogen and oxygen atoms in total. The molecule has 0 N–H and O–H groups in total. The smallest absolute Gasteiger partial charge is 0.0467 e. The molecule has 0 atom stereocenters. The van der Waals surface area contributed by atoms with Crippen molar-refractivity contribution in [2.75, 3.05) is 23.7 Å². The molecule has 0 saturated carbocycles. The molecule has 9 aromatic rings. The standard InChI is InChI=1S/C62H55NS/c1-9-51-53(11-3)61(45-23-20-22-42(5)40-45)57-30-18-16-28-55(57)59(51)43-32-34-44(35-33-43)60-52(10-2)54(12-4)62(58-31-19-17-29-56(58)60)46-24-21-27-49(41-46)63(47-25-14-13-15-26-47)48-36-38-50(39-37-48)64(6,7)8/h9-41H,1,3H2,2,4-8H3/b52-10+,54-12+. The number of hydrogen-bond acceptors (Lipinski definition) is 1. The zero-order valence-corrected chi connectivity index (χ0v) is 38.6. The van der Waals surface area contributed by atoms with Crippen molar-refractivity contribution in [3.05, 3.63) is 216 Å². The first-order valence-electron chi connectivity index (χ1n) is 22.1. The molecule has 64 heavy (non-hydrogen) atoms. The van der Waals surface area contributed by atoms with Gasteiger partial charge >= 0.3 is 0 Å². The SMILES string of the molecule is C=Cc1c(C=C)c(-c2cccc(C)c2)c2ccccc2c1-c1ccc(-c2c(=C/C)/c(=C\C)c(-c3cccc(N(c4ccccc4)c4ccc(S(C)(C)C)cc4)c3)c3ccccc23)cc1. The average molecular weight is 846 g/mol. The second kappa shape index (κ2) is 17.6. The molecule has 314 valence electrons.